The summed E-state index contributed by atoms with van der Waals surface area (Å²) >= 11 is 0. The lowest BCUT2D eigenvalue weighted by atomic mass is 10.2. The van der Waals surface area contributed by atoms with Crippen LogP contribution in [-0.2, 0) is 0 Å². The van der Waals surface area contributed by atoms with Crippen molar-refractivity contribution in [3.8, 4) is 5.75 Å². The van der Waals surface area contributed by atoms with Gasteiger partial charge in [0.15, 0.2) is 0 Å². The standard InChI is InChI=1S/C12H14N2O/c1-15-11-4-2-3-10(9-11)5-6-12-13-7-8-14-12/h2-6,9H,7-8H2,1H3,(H,13,14). The molecule has 1 aromatic carbocycles. The van der Waals surface area contributed by atoms with E-state index in [1.807, 2.05) is 36.4 Å². The molecule has 3 heteroatoms. The van der Waals surface area contributed by atoms with Gasteiger partial charge in [-0.15, -0.1) is 0 Å². The van der Waals surface area contributed by atoms with E-state index in [1.165, 1.54) is 0 Å². The number of nitrogens with one attached hydrogen (secondary N) is 1. The van der Waals surface area contributed by atoms with Crippen LogP contribution in [0.2, 0.25) is 0 Å². The monoisotopic (exact) mass is 202 g/mol. The van der Waals surface area contributed by atoms with Gasteiger partial charge in [0.1, 0.15) is 11.6 Å². The summed E-state index contributed by atoms with van der Waals surface area (Å²) in [5, 5.41) is 3.19. The van der Waals surface area contributed by atoms with Gasteiger partial charge in [-0.3, -0.25) is 4.99 Å². The van der Waals surface area contributed by atoms with Crippen molar-refractivity contribution in [2.75, 3.05) is 20.2 Å². The number of benzene rings is 1. The van der Waals surface area contributed by atoms with E-state index in [9.17, 15) is 0 Å². The molecule has 0 aliphatic carbocycles. The van der Waals surface area contributed by atoms with E-state index >= 15 is 0 Å². The summed E-state index contributed by atoms with van der Waals surface area (Å²) in [6, 6.07) is 7.94. The highest BCUT2D eigenvalue weighted by atomic mass is 16.5. The molecule has 0 bridgehead atoms. The third-order valence-corrected chi connectivity index (χ3v) is 2.23. The summed E-state index contributed by atoms with van der Waals surface area (Å²) in [6.07, 6.45) is 4.02. The van der Waals surface area contributed by atoms with Crippen molar-refractivity contribution in [1.82, 2.24) is 5.32 Å². The van der Waals surface area contributed by atoms with Crippen LogP contribution in [0.5, 0.6) is 5.75 Å². The van der Waals surface area contributed by atoms with Crippen molar-refractivity contribution in [3.05, 3.63) is 35.9 Å². The summed E-state index contributed by atoms with van der Waals surface area (Å²) in [4.78, 5) is 4.28. The van der Waals surface area contributed by atoms with Crippen molar-refractivity contribution in [3.63, 3.8) is 0 Å². The number of hydrogen-bond acceptors (Lipinski definition) is 3. The number of hydrogen-bond donors (Lipinski definition) is 1. The van der Waals surface area contributed by atoms with Crippen molar-refractivity contribution in [1.29, 1.82) is 0 Å². The van der Waals surface area contributed by atoms with E-state index in [1.54, 1.807) is 7.11 Å². The Morgan fingerprint density at radius 2 is 2.33 bits per heavy atom. The maximum absolute atomic E-state index is 5.15. The van der Waals surface area contributed by atoms with Crippen LogP contribution in [0, 0.1) is 0 Å². The van der Waals surface area contributed by atoms with Gasteiger partial charge in [-0.1, -0.05) is 18.2 Å². The Morgan fingerprint density at radius 1 is 1.40 bits per heavy atom. The van der Waals surface area contributed by atoms with Gasteiger partial charge >= 0.3 is 0 Å². The Hall–Kier alpha value is -1.77. The molecule has 0 aromatic heterocycles. The number of aliphatic imine (C=N–C) groups is 1. The van der Waals surface area contributed by atoms with E-state index < -0.39 is 0 Å². The van der Waals surface area contributed by atoms with E-state index in [4.69, 9.17) is 4.74 Å². The molecule has 0 spiro atoms. The van der Waals surface area contributed by atoms with Gasteiger partial charge in [0, 0.05) is 6.54 Å². The first-order chi connectivity index (χ1) is 7.38. The second kappa shape index (κ2) is 4.64. The molecule has 15 heavy (non-hydrogen) atoms. The smallest absolute Gasteiger partial charge is 0.120 e. The van der Waals surface area contributed by atoms with Crippen LogP contribution in [-0.4, -0.2) is 26.0 Å². The maximum atomic E-state index is 5.15. The fourth-order valence-corrected chi connectivity index (χ4v) is 1.45. The molecule has 1 aromatic rings. The molecule has 1 N–H and O–H groups in total. The molecule has 2 rings (SSSR count). The van der Waals surface area contributed by atoms with Gasteiger partial charge < -0.3 is 10.1 Å². The van der Waals surface area contributed by atoms with Crippen LogP contribution in [0.4, 0.5) is 0 Å². The third-order valence-electron chi connectivity index (χ3n) is 2.23. The van der Waals surface area contributed by atoms with Crippen LogP contribution in [0.1, 0.15) is 5.56 Å². The number of ether oxygens (including phenoxy) is 1. The lowest BCUT2D eigenvalue weighted by Crippen LogP contribution is -2.15. The average molecular weight is 202 g/mol. The largest absolute Gasteiger partial charge is 0.497 e. The molecule has 0 saturated carbocycles. The fourth-order valence-electron chi connectivity index (χ4n) is 1.45. The molecule has 0 unspecified atom stereocenters. The molecule has 3 nitrogen and oxygen atoms in total. The van der Waals surface area contributed by atoms with Gasteiger partial charge in [-0.05, 0) is 23.8 Å². The fraction of sp³-hybridized carbons (Fsp3) is 0.250. The third kappa shape index (κ3) is 2.59. The lowest BCUT2D eigenvalue weighted by molar-refractivity contribution is 0.414. The molecule has 1 heterocycles. The molecule has 0 fully saturated rings. The van der Waals surface area contributed by atoms with Gasteiger partial charge in [-0.25, -0.2) is 0 Å². The minimum absolute atomic E-state index is 0.873. The van der Waals surface area contributed by atoms with Crippen LogP contribution < -0.4 is 10.1 Å². The summed E-state index contributed by atoms with van der Waals surface area (Å²) in [7, 11) is 1.67. The van der Waals surface area contributed by atoms with Gasteiger partial charge in [0.2, 0.25) is 0 Å². The molecule has 78 valence electrons. The Kier molecular flexibility index (Phi) is 3.02. The first-order valence-corrected chi connectivity index (χ1v) is 4.99. The zero-order chi connectivity index (χ0) is 10.5. The Bertz CT molecular complexity index is 396. The summed E-state index contributed by atoms with van der Waals surface area (Å²) in [5.41, 5.74) is 1.12. The second-order valence-corrected chi connectivity index (χ2v) is 3.30. The molecular weight excluding hydrogens is 188 g/mol. The average Bonchev–Trinajstić information content (AvgIpc) is 2.79. The minimum Gasteiger partial charge on any atom is -0.497 e. The molecule has 1 aliphatic heterocycles. The zero-order valence-electron chi connectivity index (χ0n) is 8.73. The molecular formula is C12H14N2O. The highest BCUT2D eigenvalue weighted by Gasteiger charge is 1.99. The van der Waals surface area contributed by atoms with Gasteiger partial charge in [-0.2, -0.15) is 0 Å². The molecule has 0 radical (unpaired) electrons. The first kappa shape index (κ1) is 9.77. The van der Waals surface area contributed by atoms with E-state index in [0.717, 1.165) is 30.2 Å². The van der Waals surface area contributed by atoms with E-state index in [2.05, 4.69) is 10.3 Å². The van der Waals surface area contributed by atoms with Crippen LogP contribution in [0.3, 0.4) is 0 Å². The number of rotatable bonds is 3. The summed E-state index contributed by atoms with van der Waals surface area (Å²) in [5.74, 6) is 1.83. The van der Waals surface area contributed by atoms with Crippen molar-refractivity contribution in [2.45, 2.75) is 0 Å². The van der Waals surface area contributed by atoms with Crippen LogP contribution in [0.15, 0.2) is 35.3 Å². The summed E-state index contributed by atoms with van der Waals surface area (Å²) in [6.45, 7) is 1.82. The van der Waals surface area contributed by atoms with E-state index in [-0.39, 0.29) is 0 Å². The Morgan fingerprint density at radius 3 is 3.07 bits per heavy atom. The van der Waals surface area contributed by atoms with Crippen molar-refractivity contribution >= 4 is 11.9 Å². The number of amidine groups is 1. The lowest BCUT2D eigenvalue weighted by Gasteiger charge is -2.00. The molecule has 0 atom stereocenters. The minimum atomic E-state index is 0.873. The summed E-state index contributed by atoms with van der Waals surface area (Å²) < 4.78 is 5.15. The van der Waals surface area contributed by atoms with Crippen molar-refractivity contribution < 1.29 is 4.74 Å². The Labute approximate surface area is 89.5 Å². The quantitative estimate of drug-likeness (QED) is 0.809. The Balaban J connectivity index is 2.09. The van der Waals surface area contributed by atoms with Crippen LogP contribution >= 0.6 is 0 Å². The second-order valence-electron chi connectivity index (χ2n) is 3.30. The molecule has 0 saturated heterocycles. The van der Waals surface area contributed by atoms with Crippen molar-refractivity contribution in [2.24, 2.45) is 4.99 Å². The van der Waals surface area contributed by atoms with Crippen LogP contribution in [0.25, 0.3) is 6.08 Å². The highest BCUT2D eigenvalue weighted by Crippen LogP contribution is 2.13. The first-order valence-electron chi connectivity index (χ1n) is 4.99. The topological polar surface area (TPSA) is 33.6 Å². The normalized spacial score (nSPS) is 15.1. The van der Waals surface area contributed by atoms with Gasteiger partial charge in [0.05, 0.1) is 13.7 Å². The predicted molar refractivity (Wildman–Crippen MR) is 62.3 cm³/mol. The maximum Gasteiger partial charge on any atom is 0.120 e. The zero-order valence-corrected chi connectivity index (χ0v) is 8.73. The molecule has 1 aliphatic rings. The molecule has 0 amide bonds. The number of methoxy groups -OCH3 is 1. The highest BCUT2D eigenvalue weighted by molar-refractivity contribution is 5.97. The predicted octanol–water partition coefficient (Wildman–Crippen LogP) is 1.71. The number of nitrogens with zero attached hydrogens (tertiary/aromatic N) is 1. The van der Waals surface area contributed by atoms with Gasteiger partial charge in [0.25, 0.3) is 0 Å². The van der Waals surface area contributed by atoms with E-state index in [0.29, 0.717) is 0 Å². The SMILES string of the molecule is COc1cccc(C=CC2=NCCN2)c1.